The van der Waals surface area contributed by atoms with E-state index in [0.29, 0.717) is 5.11 Å². The van der Waals surface area contributed by atoms with Crippen LogP contribution in [0.4, 0.5) is 5.82 Å². The molecule has 0 unspecified atom stereocenters. The highest BCUT2D eigenvalue weighted by Crippen LogP contribution is 2.16. The largest absolute Gasteiger partial charge is 0.379 e. The van der Waals surface area contributed by atoms with E-state index in [4.69, 9.17) is 17.0 Å². The van der Waals surface area contributed by atoms with E-state index in [1.165, 1.54) is 0 Å². The van der Waals surface area contributed by atoms with Crippen molar-refractivity contribution in [1.82, 2.24) is 15.2 Å². The normalized spacial score (nSPS) is 15.9. The Labute approximate surface area is 133 Å². The quantitative estimate of drug-likeness (QED) is 0.800. The van der Waals surface area contributed by atoms with Crippen molar-refractivity contribution < 1.29 is 4.74 Å². The molecule has 0 saturated carbocycles. The van der Waals surface area contributed by atoms with Crippen molar-refractivity contribution in [2.24, 2.45) is 0 Å². The standard InChI is InChI=1S/C13H19BrN4OS/c1-10-8-12(16-9-11(10)14)17-13(20)15-2-3-18-4-6-19-7-5-18/h8-9H,2-7H2,1H3,(H2,15,16,17,20). The third kappa shape index (κ3) is 4.97. The lowest BCUT2D eigenvalue weighted by Crippen LogP contribution is -2.42. The number of halogens is 1. The Morgan fingerprint density at radius 1 is 1.50 bits per heavy atom. The van der Waals surface area contributed by atoms with Gasteiger partial charge in [0.1, 0.15) is 5.82 Å². The number of ether oxygens (including phenoxy) is 1. The molecule has 110 valence electrons. The van der Waals surface area contributed by atoms with E-state index < -0.39 is 0 Å². The van der Waals surface area contributed by atoms with Crippen LogP contribution in [-0.2, 0) is 4.74 Å². The molecule has 7 heteroatoms. The zero-order valence-corrected chi connectivity index (χ0v) is 13.9. The minimum atomic E-state index is 0.604. The molecule has 1 aromatic rings. The molecule has 0 radical (unpaired) electrons. The van der Waals surface area contributed by atoms with Gasteiger partial charge in [-0.2, -0.15) is 0 Å². The molecule has 0 aliphatic carbocycles. The van der Waals surface area contributed by atoms with Crippen LogP contribution < -0.4 is 10.6 Å². The molecule has 0 atom stereocenters. The molecule has 0 bridgehead atoms. The highest BCUT2D eigenvalue weighted by Gasteiger charge is 2.09. The summed E-state index contributed by atoms with van der Waals surface area (Å²) in [5.41, 5.74) is 1.12. The molecule has 1 aliphatic heterocycles. The second-order valence-electron chi connectivity index (χ2n) is 4.65. The lowest BCUT2D eigenvalue weighted by molar-refractivity contribution is 0.0389. The van der Waals surface area contributed by atoms with Gasteiger partial charge in [-0.1, -0.05) is 0 Å². The fourth-order valence-electron chi connectivity index (χ4n) is 1.92. The van der Waals surface area contributed by atoms with Crippen molar-refractivity contribution in [3.63, 3.8) is 0 Å². The van der Waals surface area contributed by atoms with Gasteiger partial charge in [-0.25, -0.2) is 4.98 Å². The van der Waals surface area contributed by atoms with Gasteiger partial charge < -0.3 is 15.4 Å². The van der Waals surface area contributed by atoms with E-state index in [9.17, 15) is 0 Å². The Balaban J connectivity index is 1.70. The van der Waals surface area contributed by atoms with Crippen LogP contribution in [0.15, 0.2) is 16.7 Å². The van der Waals surface area contributed by atoms with Gasteiger partial charge in [0.05, 0.1) is 13.2 Å². The molecule has 2 N–H and O–H groups in total. The monoisotopic (exact) mass is 358 g/mol. The third-order valence-corrected chi connectivity index (χ3v) is 4.18. The van der Waals surface area contributed by atoms with Crippen LogP contribution in [0.3, 0.4) is 0 Å². The Kier molecular flexibility index (Phi) is 6.15. The molecule has 0 aromatic carbocycles. The first-order chi connectivity index (χ1) is 9.65. The SMILES string of the molecule is Cc1cc(NC(=S)NCCN2CCOCC2)ncc1Br. The van der Waals surface area contributed by atoms with Crippen LogP contribution in [0.2, 0.25) is 0 Å². The van der Waals surface area contributed by atoms with Crippen molar-refractivity contribution in [2.75, 3.05) is 44.7 Å². The fourth-order valence-corrected chi connectivity index (χ4v) is 2.34. The van der Waals surface area contributed by atoms with E-state index in [2.05, 4.69) is 36.4 Å². The summed E-state index contributed by atoms with van der Waals surface area (Å²) in [6.07, 6.45) is 1.77. The molecular weight excluding hydrogens is 340 g/mol. The van der Waals surface area contributed by atoms with Crippen molar-refractivity contribution in [1.29, 1.82) is 0 Å². The molecule has 0 amide bonds. The maximum Gasteiger partial charge on any atom is 0.171 e. The molecule has 20 heavy (non-hydrogen) atoms. The van der Waals surface area contributed by atoms with Gasteiger partial charge in [-0.3, -0.25) is 4.90 Å². The Bertz CT molecular complexity index is 466. The number of nitrogens with one attached hydrogen (secondary N) is 2. The second-order valence-corrected chi connectivity index (χ2v) is 5.92. The van der Waals surface area contributed by atoms with Gasteiger partial charge in [0.15, 0.2) is 5.11 Å². The molecule has 2 rings (SSSR count). The van der Waals surface area contributed by atoms with Crippen LogP contribution in [0.1, 0.15) is 5.56 Å². The van der Waals surface area contributed by atoms with E-state index >= 15 is 0 Å². The molecule has 1 saturated heterocycles. The Morgan fingerprint density at radius 3 is 2.95 bits per heavy atom. The third-order valence-electron chi connectivity index (χ3n) is 3.11. The number of morpholine rings is 1. The summed E-state index contributed by atoms with van der Waals surface area (Å²) in [4.78, 5) is 6.63. The maximum atomic E-state index is 5.31. The van der Waals surface area contributed by atoms with Gasteiger partial charge in [-0.05, 0) is 46.7 Å². The summed E-state index contributed by atoms with van der Waals surface area (Å²) in [5, 5.41) is 6.90. The summed E-state index contributed by atoms with van der Waals surface area (Å²) < 4.78 is 6.31. The van der Waals surface area contributed by atoms with E-state index in [1.807, 2.05) is 13.0 Å². The molecule has 5 nitrogen and oxygen atoms in total. The van der Waals surface area contributed by atoms with Gasteiger partial charge in [-0.15, -0.1) is 0 Å². The van der Waals surface area contributed by atoms with Crippen LogP contribution in [0.5, 0.6) is 0 Å². The summed E-state index contributed by atoms with van der Waals surface area (Å²) >= 11 is 8.69. The van der Waals surface area contributed by atoms with Crippen LogP contribution >= 0.6 is 28.1 Å². The van der Waals surface area contributed by atoms with Crippen molar-refractivity contribution in [3.8, 4) is 0 Å². The van der Waals surface area contributed by atoms with Crippen molar-refractivity contribution in [3.05, 3.63) is 22.3 Å². The van der Waals surface area contributed by atoms with E-state index in [1.54, 1.807) is 6.20 Å². The first-order valence-corrected chi connectivity index (χ1v) is 7.82. The second kappa shape index (κ2) is 7.87. The summed E-state index contributed by atoms with van der Waals surface area (Å²) in [6.45, 7) is 7.45. The topological polar surface area (TPSA) is 49.4 Å². The maximum absolute atomic E-state index is 5.31. The van der Waals surface area contributed by atoms with Crippen LogP contribution in [0.25, 0.3) is 0 Å². The first-order valence-electron chi connectivity index (χ1n) is 6.62. The summed E-state index contributed by atoms with van der Waals surface area (Å²) in [7, 11) is 0. The van der Waals surface area contributed by atoms with Gasteiger partial charge in [0.2, 0.25) is 0 Å². The number of hydrogen-bond acceptors (Lipinski definition) is 4. The summed E-state index contributed by atoms with van der Waals surface area (Å²) in [5.74, 6) is 0.759. The predicted octanol–water partition coefficient (Wildman–Crippen LogP) is 1.77. The van der Waals surface area contributed by atoms with Crippen molar-refractivity contribution >= 4 is 39.1 Å². The molecule has 1 fully saturated rings. The first kappa shape index (κ1) is 15.6. The number of anilines is 1. The fraction of sp³-hybridized carbons (Fsp3) is 0.538. The highest BCUT2D eigenvalue weighted by atomic mass is 79.9. The lowest BCUT2D eigenvalue weighted by Gasteiger charge is -2.26. The number of aryl methyl sites for hydroxylation is 1. The molecular formula is C13H19BrN4OS. The van der Waals surface area contributed by atoms with E-state index in [-0.39, 0.29) is 0 Å². The zero-order chi connectivity index (χ0) is 14.4. The number of aromatic nitrogens is 1. The number of hydrogen-bond donors (Lipinski definition) is 2. The van der Waals surface area contributed by atoms with Crippen LogP contribution in [-0.4, -0.2) is 54.4 Å². The average molecular weight is 359 g/mol. The molecule has 0 spiro atoms. The minimum Gasteiger partial charge on any atom is -0.379 e. The average Bonchev–Trinajstić information content (AvgIpc) is 2.44. The predicted molar refractivity (Wildman–Crippen MR) is 88.2 cm³/mol. The van der Waals surface area contributed by atoms with Crippen molar-refractivity contribution in [2.45, 2.75) is 6.92 Å². The summed E-state index contributed by atoms with van der Waals surface area (Å²) in [6, 6.07) is 1.96. The van der Waals surface area contributed by atoms with E-state index in [0.717, 1.165) is 55.2 Å². The molecule has 1 aliphatic rings. The minimum absolute atomic E-state index is 0.604. The van der Waals surface area contributed by atoms with Gasteiger partial charge in [0.25, 0.3) is 0 Å². The zero-order valence-electron chi connectivity index (χ0n) is 11.5. The number of pyridine rings is 1. The smallest absolute Gasteiger partial charge is 0.171 e. The number of nitrogens with zero attached hydrogens (tertiary/aromatic N) is 2. The highest BCUT2D eigenvalue weighted by molar-refractivity contribution is 9.10. The van der Waals surface area contributed by atoms with Gasteiger partial charge in [0, 0.05) is 36.8 Å². The molecule has 2 heterocycles. The number of rotatable bonds is 4. The lowest BCUT2D eigenvalue weighted by atomic mass is 10.3. The van der Waals surface area contributed by atoms with Gasteiger partial charge >= 0.3 is 0 Å². The number of thiocarbonyl (C=S) groups is 1. The van der Waals surface area contributed by atoms with Crippen LogP contribution in [0, 0.1) is 6.92 Å². The Morgan fingerprint density at radius 2 is 2.25 bits per heavy atom. The molecule has 1 aromatic heterocycles. The Hall–Kier alpha value is -0.760.